The van der Waals surface area contributed by atoms with Crippen LogP contribution in [0.15, 0.2) is 29.1 Å². The van der Waals surface area contributed by atoms with E-state index in [0.717, 1.165) is 46.0 Å². The zero-order valence-electron chi connectivity index (χ0n) is 16.9. The lowest BCUT2D eigenvalue weighted by Crippen LogP contribution is -2.40. The van der Waals surface area contributed by atoms with Crippen molar-refractivity contribution in [2.45, 2.75) is 39.0 Å². The Morgan fingerprint density at radius 2 is 2.21 bits per heavy atom. The zero-order chi connectivity index (χ0) is 20.5. The third kappa shape index (κ3) is 3.92. The van der Waals surface area contributed by atoms with E-state index in [1.807, 2.05) is 43.0 Å². The van der Waals surface area contributed by atoms with Crippen molar-refractivity contribution in [2.24, 2.45) is 0 Å². The molecule has 152 valence electrons. The van der Waals surface area contributed by atoms with Crippen LogP contribution in [0, 0.1) is 13.8 Å². The summed E-state index contributed by atoms with van der Waals surface area (Å²) in [6, 6.07) is 7.61. The average Bonchev–Trinajstić information content (AvgIpc) is 3.02. The predicted molar refractivity (Wildman–Crippen MR) is 115 cm³/mol. The second-order valence-electron chi connectivity index (χ2n) is 7.62. The van der Waals surface area contributed by atoms with E-state index < -0.39 is 0 Å². The first-order valence-electron chi connectivity index (χ1n) is 9.87. The summed E-state index contributed by atoms with van der Waals surface area (Å²) < 4.78 is 5.25. The van der Waals surface area contributed by atoms with Gasteiger partial charge in [-0.25, -0.2) is 4.98 Å². The maximum absolute atomic E-state index is 12.9. The van der Waals surface area contributed by atoms with E-state index in [2.05, 4.69) is 4.98 Å². The Morgan fingerprint density at radius 3 is 3.00 bits per heavy atom. The number of nitrogens with one attached hydrogen (secondary N) is 1. The molecule has 7 heteroatoms. The molecule has 4 rings (SSSR count). The summed E-state index contributed by atoms with van der Waals surface area (Å²) >= 11 is 1.56. The van der Waals surface area contributed by atoms with Crippen LogP contribution in [-0.4, -0.2) is 41.0 Å². The molecule has 0 spiro atoms. The smallest absolute Gasteiger partial charge is 0.259 e. The zero-order valence-corrected chi connectivity index (χ0v) is 17.8. The quantitative estimate of drug-likeness (QED) is 0.712. The van der Waals surface area contributed by atoms with Crippen LogP contribution in [-0.2, 0) is 11.2 Å². The minimum Gasteiger partial charge on any atom is -0.497 e. The molecule has 29 heavy (non-hydrogen) atoms. The number of carbonyl (C=O) groups is 1. The van der Waals surface area contributed by atoms with Gasteiger partial charge in [-0.1, -0.05) is 12.1 Å². The molecule has 1 aliphatic rings. The molecule has 2 aromatic heterocycles. The van der Waals surface area contributed by atoms with Crippen LogP contribution in [0.3, 0.4) is 0 Å². The molecule has 1 aromatic carbocycles. The molecule has 3 heterocycles. The molecule has 1 saturated heterocycles. The Morgan fingerprint density at radius 1 is 1.38 bits per heavy atom. The van der Waals surface area contributed by atoms with E-state index in [1.165, 1.54) is 0 Å². The van der Waals surface area contributed by atoms with Gasteiger partial charge in [0.25, 0.3) is 5.56 Å². The van der Waals surface area contributed by atoms with Crippen molar-refractivity contribution < 1.29 is 9.53 Å². The molecule has 0 unspecified atom stereocenters. The number of thiophene rings is 1. The van der Waals surface area contributed by atoms with E-state index >= 15 is 0 Å². The molecule has 3 aromatic rings. The number of hydrogen-bond donors (Lipinski definition) is 1. The number of aromatic nitrogens is 2. The molecule has 1 fully saturated rings. The molecule has 1 N–H and O–H groups in total. The van der Waals surface area contributed by atoms with Crippen molar-refractivity contribution in [3.8, 4) is 5.75 Å². The molecule has 1 aliphatic heterocycles. The number of hydrogen-bond acceptors (Lipinski definition) is 5. The standard InChI is InChI=1S/C22H25N3O3S/c1-13-14(2)29-22-19(13)21(27)23-20(24-22)16-7-5-9-25(12-16)18(26)11-15-6-4-8-17(10-15)28-3/h4,6,8,10,16H,5,7,9,11-12H2,1-3H3,(H,23,24,27)/t16-/m1/s1. The number of piperidine rings is 1. The van der Waals surface area contributed by atoms with Gasteiger partial charge in [-0.3, -0.25) is 9.59 Å². The van der Waals surface area contributed by atoms with Gasteiger partial charge in [0.2, 0.25) is 5.91 Å². The maximum atomic E-state index is 12.9. The summed E-state index contributed by atoms with van der Waals surface area (Å²) in [4.78, 5) is 37.0. The normalized spacial score (nSPS) is 16.9. The SMILES string of the molecule is COc1cccc(CC(=O)N2CCC[C@@H](c3nc4sc(C)c(C)c4c(=O)[nH]3)C2)c1. The lowest BCUT2D eigenvalue weighted by atomic mass is 9.96. The van der Waals surface area contributed by atoms with Gasteiger partial charge < -0.3 is 14.6 Å². The van der Waals surface area contributed by atoms with Crippen LogP contribution in [0.2, 0.25) is 0 Å². The van der Waals surface area contributed by atoms with Crippen LogP contribution in [0.4, 0.5) is 0 Å². The van der Waals surface area contributed by atoms with Crippen molar-refractivity contribution in [3.63, 3.8) is 0 Å². The number of aryl methyl sites for hydroxylation is 2. The van der Waals surface area contributed by atoms with Crippen molar-refractivity contribution in [3.05, 3.63) is 56.4 Å². The summed E-state index contributed by atoms with van der Waals surface area (Å²) in [5.41, 5.74) is 1.87. The van der Waals surface area contributed by atoms with Crippen LogP contribution in [0.1, 0.15) is 40.6 Å². The fourth-order valence-electron chi connectivity index (χ4n) is 3.96. The number of nitrogens with zero attached hydrogens (tertiary/aromatic N) is 2. The minimum absolute atomic E-state index is 0.0535. The molecule has 0 radical (unpaired) electrons. The second-order valence-corrected chi connectivity index (χ2v) is 8.82. The number of amides is 1. The second kappa shape index (κ2) is 7.99. The van der Waals surface area contributed by atoms with E-state index in [-0.39, 0.29) is 17.4 Å². The van der Waals surface area contributed by atoms with Gasteiger partial charge in [0.05, 0.1) is 18.9 Å². The highest BCUT2D eigenvalue weighted by Crippen LogP contribution is 2.29. The third-order valence-electron chi connectivity index (χ3n) is 5.71. The van der Waals surface area contributed by atoms with E-state index in [0.29, 0.717) is 24.2 Å². The lowest BCUT2D eigenvalue weighted by Gasteiger charge is -2.32. The third-order valence-corrected chi connectivity index (χ3v) is 6.81. The monoisotopic (exact) mass is 411 g/mol. The van der Waals surface area contributed by atoms with Gasteiger partial charge >= 0.3 is 0 Å². The molecule has 6 nitrogen and oxygen atoms in total. The Bertz CT molecular complexity index is 1120. The number of benzene rings is 1. The number of rotatable bonds is 4. The van der Waals surface area contributed by atoms with Gasteiger partial charge in [-0.2, -0.15) is 0 Å². The molecular formula is C22H25N3O3S. The van der Waals surface area contributed by atoms with Crippen molar-refractivity contribution in [1.82, 2.24) is 14.9 Å². The summed E-state index contributed by atoms with van der Waals surface area (Å²) in [6.45, 7) is 5.30. The van der Waals surface area contributed by atoms with Gasteiger partial charge in [0, 0.05) is 23.9 Å². The molecule has 0 saturated carbocycles. The van der Waals surface area contributed by atoms with Crippen LogP contribution in [0.25, 0.3) is 10.2 Å². The van der Waals surface area contributed by atoms with Gasteiger partial charge in [0.15, 0.2) is 0 Å². The Balaban J connectivity index is 1.53. The molecular weight excluding hydrogens is 386 g/mol. The molecule has 1 atom stereocenters. The van der Waals surface area contributed by atoms with Crippen LogP contribution >= 0.6 is 11.3 Å². The first-order chi connectivity index (χ1) is 14.0. The number of aromatic amines is 1. The first kappa shape index (κ1) is 19.6. The fourth-order valence-corrected chi connectivity index (χ4v) is 5.00. The highest BCUT2D eigenvalue weighted by atomic mass is 32.1. The lowest BCUT2D eigenvalue weighted by molar-refractivity contribution is -0.131. The molecule has 1 amide bonds. The number of fused-ring (bicyclic) bond motifs is 1. The van der Waals surface area contributed by atoms with E-state index in [1.54, 1.807) is 18.4 Å². The number of methoxy groups -OCH3 is 1. The summed E-state index contributed by atoms with van der Waals surface area (Å²) in [5, 5.41) is 0.693. The minimum atomic E-state index is -0.0771. The first-order valence-corrected chi connectivity index (χ1v) is 10.7. The number of likely N-dealkylation sites (tertiary alicyclic amines) is 1. The number of carbonyl (C=O) groups excluding carboxylic acids is 1. The summed E-state index contributed by atoms with van der Waals surface area (Å²) in [7, 11) is 1.62. The van der Waals surface area contributed by atoms with Gasteiger partial charge in [-0.15, -0.1) is 11.3 Å². The molecule has 0 aliphatic carbocycles. The Kier molecular flexibility index (Phi) is 5.41. The van der Waals surface area contributed by atoms with Crippen LogP contribution in [0.5, 0.6) is 5.75 Å². The van der Waals surface area contributed by atoms with Crippen molar-refractivity contribution >= 4 is 27.5 Å². The maximum Gasteiger partial charge on any atom is 0.259 e. The predicted octanol–water partition coefficient (Wildman–Crippen LogP) is 3.56. The average molecular weight is 412 g/mol. The van der Waals surface area contributed by atoms with E-state index in [4.69, 9.17) is 9.72 Å². The van der Waals surface area contributed by atoms with Crippen LogP contribution < -0.4 is 10.3 Å². The summed E-state index contributed by atoms with van der Waals surface area (Å²) in [5.74, 6) is 1.60. The fraction of sp³-hybridized carbons (Fsp3) is 0.409. The highest BCUT2D eigenvalue weighted by molar-refractivity contribution is 7.18. The topological polar surface area (TPSA) is 75.3 Å². The summed E-state index contributed by atoms with van der Waals surface area (Å²) in [6.07, 6.45) is 2.16. The van der Waals surface area contributed by atoms with Crippen molar-refractivity contribution in [2.75, 3.05) is 20.2 Å². The van der Waals surface area contributed by atoms with E-state index in [9.17, 15) is 9.59 Å². The number of ether oxygens (including phenoxy) is 1. The Labute approximate surface area is 173 Å². The molecule has 0 bridgehead atoms. The van der Waals surface area contributed by atoms with Gasteiger partial charge in [0.1, 0.15) is 16.4 Å². The largest absolute Gasteiger partial charge is 0.497 e. The number of H-pyrrole nitrogens is 1. The van der Waals surface area contributed by atoms with Crippen molar-refractivity contribution in [1.29, 1.82) is 0 Å². The highest BCUT2D eigenvalue weighted by Gasteiger charge is 2.27. The van der Waals surface area contributed by atoms with Gasteiger partial charge in [-0.05, 0) is 49.9 Å². The Hall–Kier alpha value is -2.67.